The first kappa shape index (κ1) is 13.4. The van der Waals surface area contributed by atoms with Crippen LogP contribution in [-0.4, -0.2) is 25.7 Å². The molecule has 0 aromatic heterocycles. The van der Waals surface area contributed by atoms with Crippen LogP contribution in [0, 0.1) is 5.92 Å². The maximum Gasteiger partial charge on any atom is 0.00671 e. The van der Waals surface area contributed by atoms with Gasteiger partial charge in [0.15, 0.2) is 0 Å². The fraction of sp³-hybridized carbons (Fsp3) is 1.00. The second-order valence-corrected chi connectivity index (χ2v) is 6.10. The van der Waals surface area contributed by atoms with Gasteiger partial charge >= 0.3 is 0 Å². The Kier molecular flexibility index (Phi) is 5.79. The van der Waals surface area contributed by atoms with Crippen molar-refractivity contribution in [3.8, 4) is 0 Å². The normalized spacial score (nSPS) is 32.3. The Hall–Kier alpha value is -0.0800. The first-order valence-electron chi connectivity index (χ1n) is 7.79. The Bertz CT molecular complexity index is 189. The molecule has 2 rings (SSSR count). The molecule has 2 saturated carbocycles. The van der Waals surface area contributed by atoms with Crippen molar-refractivity contribution in [3.05, 3.63) is 0 Å². The van der Waals surface area contributed by atoms with Crippen LogP contribution in [0.3, 0.4) is 0 Å². The molecule has 0 amide bonds. The van der Waals surface area contributed by atoms with Gasteiger partial charge in [0.1, 0.15) is 0 Å². The SMILES string of the molecule is CNC1CCC(CNC2CCCCCC2)CC1. The Morgan fingerprint density at radius 2 is 1.41 bits per heavy atom. The van der Waals surface area contributed by atoms with E-state index in [-0.39, 0.29) is 0 Å². The number of hydrogen-bond acceptors (Lipinski definition) is 2. The van der Waals surface area contributed by atoms with Gasteiger partial charge in [0, 0.05) is 12.1 Å². The maximum absolute atomic E-state index is 3.84. The van der Waals surface area contributed by atoms with Crippen LogP contribution in [0.2, 0.25) is 0 Å². The molecule has 0 atom stereocenters. The van der Waals surface area contributed by atoms with Gasteiger partial charge in [-0.3, -0.25) is 0 Å². The van der Waals surface area contributed by atoms with Crippen LogP contribution in [0.15, 0.2) is 0 Å². The second kappa shape index (κ2) is 7.38. The summed E-state index contributed by atoms with van der Waals surface area (Å²) in [7, 11) is 2.11. The van der Waals surface area contributed by atoms with Crippen LogP contribution in [0.5, 0.6) is 0 Å². The fourth-order valence-corrected chi connectivity index (χ4v) is 3.47. The summed E-state index contributed by atoms with van der Waals surface area (Å²) in [5.41, 5.74) is 0. The molecule has 0 radical (unpaired) electrons. The third-order valence-electron chi connectivity index (χ3n) is 4.81. The molecule has 0 unspecified atom stereocenters. The van der Waals surface area contributed by atoms with E-state index in [0.29, 0.717) is 0 Å². The van der Waals surface area contributed by atoms with Crippen molar-refractivity contribution in [3.63, 3.8) is 0 Å². The minimum Gasteiger partial charge on any atom is -0.317 e. The van der Waals surface area contributed by atoms with Crippen molar-refractivity contribution in [1.82, 2.24) is 10.6 Å². The van der Waals surface area contributed by atoms with Gasteiger partial charge in [-0.2, -0.15) is 0 Å². The van der Waals surface area contributed by atoms with Gasteiger partial charge in [-0.25, -0.2) is 0 Å². The van der Waals surface area contributed by atoms with E-state index >= 15 is 0 Å². The lowest BCUT2D eigenvalue weighted by molar-refractivity contribution is 0.280. The van der Waals surface area contributed by atoms with Crippen molar-refractivity contribution in [1.29, 1.82) is 0 Å². The summed E-state index contributed by atoms with van der Waals surface area (Å²) in [6.45, 7) is 1.28. The summed E-state index contributed by atoms with van der Waals surface area (Å²) in [5, 5.41) is 7.26. The van der Waals surface area contributed by atoms with Gasteiger partial charge < -0.3 is 10.6 Å². The highest BCUT2D eigenvalue weighted by molar-refractivity contribution is 4.79. The van der Waals surface area contributed by atoms with Crippen LogP contribution < -0.4 is 10.6 Å². The first-order chi connectivity index (χ1) is 8.38. The molecule has 0 bridgehead atoms. The van der Waals surface area contributed by atoms with Crippen LogP contribution >= 0.6 is 0 Å². The fourth-order valence-electron chi connectivity index (χ4n) is 3.47. The Morgan fingerprint density at radius 3 is 2.00 bits per heavy atom. The van der Waals surface area contributed by atoms with E-state index < -0.39 is 0 Å². The number of rotatable bonds is 4. The molecule has 2 N–H and O–H groups in total. The van der Waals surface area contributed by atoms with Crippen molar-refractivity contribution in [2.24, 2.45) is 5.92 Å². The van der Waals surface area contributed by atoms with Gasteiger partial charge in [-0.05, 0) is 58.0 Å². The van der Waals surface area contributed by atoms with E-state index in [0.717, 1.165) is 18.0 Å². The molecular formula is C15H30N2. The van der Waals surface area contributed by atoms with E-state index in [4.69, 9.17) is 0 Å². The van der Waals surface area contributed by atoms with Gasteiger partial charge in [0.25, 0.3) is 0 Å². The average Bonchev–Trinajstić information content (AvgIpc) is 2.65. The van der Waals surface area contributed by atoms with Crippen LogP contribution in [0.1, 0.15) is 64.2 Å². The predicted molar refractivity (Wildman–Crippen MR) is 74.3 cm³/mol. The minimum absolute atomic E-state index is 0.795. The molecular weight excluding hydrogens is 208 g/mol. The molecule has 2 nitrogen and oxygen atoms in total. The van der Waals surface area contributed by atoms with E-state index in [1.165, 1.54) is 70.8 Å². The summed E-state index contributed by atoms with van der Waals surface area (Å²) in [6, 6.07) is 1.63. The zero-order valence-electron chi connectivity index (χ0n) is 11.5. The number of nitrogens with one attached hydrogen (secondary N) is 2. The zero-order valence-corrected chi connectivity index (χ0v) is 11.5. The highest BCUT2D eigenvalue weighted by Gasteiger charge is 2.20. The van der Waals surface area contributed by atoms with Gasteiger partial charge in [-0.15, -0.1) is 0 Å². The quantitative estimate of drug-likeness (QED) is 0.736. The lowest BCUT2D eigenvalue weighted by atomic mass is 9.86. The Balaban J connectivity index is 1.61. The van der Waals surface area contributed by atoms with E-state index in [1.54, 1.807) is 0 Å². The molecule has 17 heavy (non-hydrogen) atoms. The van der Waals surface area contributed by atoms with Gasteiger partial charge in [0.2, 0.25) is 0 Å². The lowest BCUT2D eigenvalue weighted by Crippen LogP contribution is -2.37. The van der Waals surface area contributed by atoms with E-state index in [2.05, 4.69) is 17.7 Å². The third kappa shape index (κ3) is 4.59. The molecule has 0 aliphatic heterocycles. The topological polar surface area (TPSA) is 24.1 Å². The summed E-state index contributed by atoms with van der Waals surface area (Å²) in [6.07, 6.45) is 14.3. The second-order valence-electron chi connectivity index (χ2n) is 6.10. The Morgan fingerprint density at radius 1 is 0.765 bits per heavy atom. The van der Waals surface area contributed by atoms with Crippen molar-refractivity contribution < 1.29 is 0 Å². The molecule has 2 aliphatic rings. The zero-order chi connectivity index (χ0) is 11.9. The molecule has 2 heteroatoms. The van der Waals surface area contributed by atoms with E-state index in [1.807, 2.05) is 0 Å². The minimum atomic E-state index is 0.795. The van der Waals surface area contributed by atoms with Crippen LogP contribution in [-0.2, 0) is 0 Å². The largest absolute Gasteiger partial charge is 0.317 e. The predicted octanol–water partition coefficient (Wildman–Crippen LogP) is 3.08. The molecule has 2 aliphatic carbocycles. The molecule has 0 aromatic carbocycles. The highest BCUT2D eigenvalue weighted by atomic mass is 14.9. The highest BCUT2D eigenvalue weighted by Crippen LogP contribution is 2.24. The van der Waals surface area contributed by atoms with Gasteiger partial charge in [-0.1, -0.05) is 25.7 Å². The first-order valence-corrected chi connectivity index (χ1v) is 7.79. The maximum atomic E-state index is 3.84. The summed E-state index contributed by atoms with van der Waals surface area (Å²) in [4.78, 5) is 0. The molecule has 0 aromatic rings. The molecule has 100 valence electrons. The summed E-state index contributed by atoms with van der Waals surface area (Å²) >= 11 is 0. The van der Waals surface area contributed by atoms with Crippen molar-refractivity contribution >= 4 is 0 Å². The standard InChI is InChI=1S/C15H30N2/c1-16-14-10-8-13(9-11-14)12-17-15-6-4-2-3-5-7-15/h13-17H,2-12H2,1H3. The molecule has 0 heterocycles. The third-order valence-corrected chi connectivity index (χ3v) is 4.81. The summed E-state index contributed by atoms with van der Waals surface area (Å²) in [5.74, 6) is 0.947. The summed E-state index contributed by atoms with van der Waals surface area (Å²) < 4.78 is 0. The average molecular weight is 238 g/mol. The number of hydrogen-bond donors (Lipinski definition) is 2. The van der Waals surface area contributed by atoms with Crippen molar-refractivity contribution in [2.45, 2.75) is 76.3 Å². The molecule has 2 fully saturated rings. The van der Waals surface area contributed by atoms with Gasteiger partial charge in [0.05, 0.1) is 0 Å². The van der Waals surface area contributed by atoms with Crippen LogP contribution in [0.25, 0.3) is 0 Å². The van der Waals surface area contributed by atoms with E-state index in [9.17, 15) is 0 Å². The van der Waals surface area contributed by atoms with Crippen LogP contribution in [0.4, 0.5) is 0 Å². The Labute approximate surface area is 107 Å². The molecule has 0 saturated heterocycles. The lowest BCUT2D eigenvalue weighted by Gasteiger charge is -2.29. The monoisotopic (exact) mass is 238 g/mol. The smallest absolute Gasteiger partial charge is 0.00671 e. The molecule has 0 spiro atoms. The van der Waals surface area contributed by atoms with Crippen molar-refractivity contribution in [2.75, 3.05) is 13.6 Å².